The van der Waals surface area contributed by atoms with E-state index in [4.69, 9.17) is 0 Å². The van der Waals surface area contributed by atoms with Gasteiger partial charge in [0.1, 0.15) is 0 Å². The molecule has 0 N–H and O–H groups in total. The molecule has 10 aromatic rings. The van der Waals surface area contributed by atoms with Crippen LogP contribution in [-0.2, 0) is 14.1 Å². The topological polar surface area (TPSA) is 9.86 Å². The third-order valence-corrected chi connectivity index (χ3v) is 11.4. The Hall–Kier alpha value is -4.38. The molecule has 10 rings (SSSR count). The highest BCUT2D eigenvalue weighted by molar-refractivity contribution is 7.36. The molecular formula is C36H22N2S2. The van der Waals surface area contributed by atoms with Gasteiger partial charge in [-0.2, -0.15) is 0 Å². The van der Waals surface area contributed by atoms with Crippen molar-refractivity contribution in [1.82, 2.24) is 9.13 Å². The molecule has 0 amide bonds. The molecule has 2 nitrogen and oxygen atoms in total. The van der Waals surface area contributed by atoms with Crippen LogP contribution in [0, 0.1) is 0 Å². The van der Waals surface area contributed by atoms with Gasteiger partial charge in [-0.1, -0.05) is 0 Å². The highest BCUT2D eigenvalue weighted by Crippen LogP contribution is 2.47. The number of thiophene rings is 2. The normalized spacial score (nSPS) is 12.8. The van der Waals surface area contributed by atoms with Gasteiger partial charge in [-0.05, 0) is 128 Å². The van der Waals surface area contributed by atoms with Gasteiger partial charge in [-0.25, -0.2) is 0 Å². The quantitative estimate of drug-likeness (QED) is 0.167. The molecule has 0 saturated heterocycles. The molecule has 4 heteroatoms. The van der Waals surface area contributed by atoms with Gasteiger partial charge in [0.05, 0.1) is 9.40 Å². The molecule has 0 aliphatic heterocycles. The average Bonchev–Trinajstić information content (AvgIpc) is 3.69. The van der Waals surface area contributed by atoms with E-state index in [0.29, 0.717) is 0 Å². The number of fused-ring (bicyclic) bond motifs is 11. The number of aryl methyl sites for hydroxylation is 2. The maximum absolute atomic E-state index is 2.42. The van der Waals surface area contributed by atoms with Crippen molar-refractivity contribution in [3.8, 4) is 0 Å². The third-order valence-electron chi connectivity index (χ3n) is 8.91. The Morgan fingerprint density at radius 1 is 0.400 bits per heavy atom. The smallest absolute Gasteiger partial charge is 0.0542 e. The summed E-state index contributed by atoms with van der Waals surface area (Å²) in [6.07, 6.45) is 4.29. The van der Waals surface area contributed by atoms with Crippen LogP contribution in [0.1, 0.15) is 0 Å². The molecule has 0 unspecified atom stereocenters. The first kappa shape index (κ1) is 21.4. The lowest BCUT2D eigenvalue weighted by Crippen LogP contribution is -1.84. The number of benzene rings is 6. The van der Waals surface area contributed by atoms with E-state index in [1.807, 2.05) is 22.7 Å². The summed E-state index contributed by atoms with van der Waals surface area (Å²) in [7, 11) is 4.24. The summed E-state index contributed by atoms with van der Waals surface area (Å²) in [6, 6.07) is 32.9. The minimum absolute atomic E-state index is 1.28. The summed E-state index contributed by atoms with van der Waals surface area (Å²) in [5.41, 5.74) is 2.56. The number of hydrogen-bond acceptors (Lipinski definition) is 2. The first-order chi connectivity index (χ1) is 19.6. The van der Waals surface area contributed by atoms with Gasteiger partial charge >= 0.3 is 0 Å². The highest BCUT2D eigenvalue weighted by atomic mass is 32.1. The van der Waals surface area contributed by atoms with Crippen molar-refractivity contribution < 1.29 is 0 Å². The summed E-state index contributed by atoms with van der Waals surface area (Å²) in [5, 5.41) is 15.8. The van der Waals surface area contributed by atoms with E-state index < -0.39 is 0 Å². The van der Waals surface area contributed by atoms with Crippen LogP contribution in [0.15, 0.2) is 97.3 Å². The van der Waals surface area contributed by atoms with Crippen LogP contribution in [0.2, 0.25) is 0 Å². The van der Waals surface area contributed by atoms with Gasteiger partial charge < -0.3 is 9.13 Å². The van der Waals surface area contributed by atoms with Gasteiger partial charge in [0.2, 0.25) is 0 Å². The summed E-state index contributed by atoms with van der Waals surface area (Å²) in [6.45, 7) is 0. The van der Waals surface area contributed by atoms with Gasteiger partial charge in [-0.3, -0.25) is 0 Å². The molecule has 0 fully saturated rings. The largest absolute Gasteiger partial charge is 0.351 e. The number of hydrogen-bond donors (Lipinski definition) is 0. The molecule has 0 atom stereocenters. The molecular weight excluding hydrogens is 525 g/mol. The Kier molecular flexibility index (Phi) is 3.87. The second-order valence-corrected chi connectivity index (χ2v) is 13.4. The second kappa shape index (κ2) is 7.22. The van der Waals surface area contributed by atoms with Crippen molar-refractivity contribution in [2.45, 2.75) is 0 Å². The Labute approximate surface area is 236 Å². The zero-order valence-electron chi connectivity index (χ0n) is 21.9. The average molecular weight is 547 g/mol. The van der Waals surface area contributed by atoms with Crippen molar-refractivity contribution in [3.63, 3.8) is 0 Å². The standard InChI is InChI=1S/C36H22N2S2/c1-37-5-3-19-7-21-9-27-17-33-29(13-23(27)11-25(21)15-31(19)37)35-36(39-33)30-14-24-12-26-16-32-20(4-6-38(32)2)8-22(26)10-28(24)18-34(30)40-35/h3-18H,1-2H3. The molecule has 0 radical (unpaired) electrons. The van der Waals surface area contributed by atoms with E-state index >= 15 is 0 Å². The summed E-state index contributed by atoms with van der Waals surface area (Å²) in [5.74, 6) is 0. The van der Waals surface area contributed by atoms with Gasteiger partial charge in [0, 0.05) is 68.5 Å². The minimum atomic E-state index is 1.28. The van der Waals surface area contributed by atoms with E-state index in [1.165, 1.54) is 94.5 Å². The van der Waals surface area contributed by atoms with Crippen LogP contribution in [-0.4, -0.2) is 9.13 Å². The Morgan fingerprint density at radius 2 is 0.750 bits per heavy atom. The fourth-order valence-electron chi connectivity index (χ4n) is 6.79. The molecule has 4 heterocycles. The highest BCUT2D eigenvalue weighted by Gasteiger charge is 2.15. The fraction of sp³-hybridized carbons (Fsp3) is 0.0556. The van der Waals surface area contributed by atoms with Gasteiger partial charge in [0.25, 0.3) is 0 Å². The van der Waals surface area contributed by atoms with Gasteiger partial charge in [0.15, 0.2) is 0 Å². The maximum Gasteiger partial charge on any atom is 0.0542 e. The van der Waals surface area contributed by atoms with Crippen molar-refractivity contribution >= 4 is 117 Å². The SMILES string of the molecule is Cn1ccc2cc3cc4cc5sc6c7cc8cc9cc%10c(ccn%10C)cc9cc8cc7sc6c5cc4cc3cc21. The van der Waals surface area contributed by atoms with Crippen LogP contribution < -0.4 is 0 Å². The molecule has 4 aromatic heterocycles. The molecule has 0 saturated carbocycles. The zero-order chi connectivity index (χ0) is 26.3. The first-order valence-corrected chi connectivity index (χ1v) is 15.2. The molecule has 0 bridgehead atoms. The van der Waals surface area contributed by atoms with Crippen molar-refractivity contribution in [2.24, 2.45) is 14.1 Å². The lowest BCUT2D eigenvalue weighted by molar-refractivity contribution is 0.970. The summed E-state index contributed by atoms with van der Waals surface area (Å²) < 4.78 is 10.00. The molecule has 6 aromatic carbocycles. The van der Waals surface area contributed by atoms with Crippen LogP contribution in [0.4, 0.5) is 0 Å². The number of nitrogens with zero attached hydrogens (tertiary/aromatic N) is 2. The minimum Gasteiger partial charge on any atom is -0.351 e. The number of aromatic nitrogens is 2. The third kappa shape index (κ3) is 2.77. The fourth-order valence-corrected chi connectivity index (χ4v) is 9.48. The van der Waals surface area contributed by atoms with Crippen molar-refractivity contribution in [2.75, 3.05) is 0 Å². The van der Waals surface area contributed by atoms with Crippen LogP contribution in [0.5, 0.6) is 0 Å². The zero-order valence-corrected chi connectivity index (χ0v) is 23.6. The maximum atomic E-state index is 2.42. The van der Waals surface area contributed by atoms with E-state index in [-0.39, 0.29) is 0 Å². The van der Waals surface area contributed by atoms with Crippen molar-refractivity contribution in [3.05, 3.63) is 97.3 Å². The molecule has 0 aliphatic carbocycles. The second-order valence-electron chi connectivity index (χ2n) is 11.3. The van der Waals surface area contributed by atoms with Crippen LogP contribution >= 0.6 is 22.7 Å². The molecule has 0 aliphatic rings. The van der Waals surface area contributed by atoms with E-state index in [1.54, 1.807) is 0 Å². The van der Waals surface area contributed by atoms with Crippen molar-refractivity contribution in [1.29, 1.82) is 0 Å². The lowest BCUT2D eigenvalue weighted by Gasteiger charge is -2.05. The van der Waals surface area contributed by atoms with E-state index in [9.17, 15) is 0 Å². The van der Waals surface area contributed by atoms with E-state index in [0.717, 1.165) is 0 Å². The Balaban J connectivity index is 1.23. The van der Waals surface area contributed by atoms with Gasteiger partial charge in [-0.15, -0.1) is 22.7 Å². The predicted molar refractivity (Wildman–Crippen MR) is 178 cm³/mol. The monoisotopic (exact) mass is 546 g/mol. The van der Waals surface area contributed by atoms with Crippen LogP contribution in [0.25, 0.3) is 94.5 Å². The van der Waals surface area contributed by atoms with E-state index in [2.05, 4.69) is 121 Å². The Bertz CT molecular complexity index is 2540. The number of rotatable bonds is 0. The predicted octanol–water partition coefficient (Wildman–Crippen LogP) is 10.9. The summed E-state index contributed by atoms with van der Waals surface area (Å²) >= 11 is 3.89. The lowest BCUT2D eigenvalue weighted by atomic mass is 10.0. The summed E-state index contributed by atoms with van der Waals surface area (Å²) in [4.78, 5) is 0. The first-order valence-electron chi connectivity index (χ1n) is 13.6. The van der Waals surface area contributed by atoms with Crippen LogP contribution in [0.3, 0.4) is 0 Å². The molecule has 188 valence electrons. The Morgan fingerprint density at radius 3 is 1.20 bits per heavy atom. The molecule has 0 spiro atoms. The molecule has 40 heavy (non-hydrogen) atoms.